The van der Waals surface area contributed by atoms with E-state index in [0.717, 1.165) is 13.1 Å². The molecule has 1 fully saturated rings. The number of rotatable bonds is 3. The van der Waals surface area contributed by atoms with Gasteiger partial charge in [-0.15, -0.1) is 0 Å². The number of sulfonamides is 1. The quantitative estimate of drug-likeness (QED) is 0.768. The van der Waals surface area contributed by atoms with Gasteiger partial charge in [0.25, 0.3) is 0 Å². The summed E-state index contributed by atoms with van der Waals surface area (Å²) in [5.74, 6) is 0.558. The Kier molecular flexibility index (Phi) is 3.50. The van der Waals surface area contributed by atoms with Gasteiger partial charge in [-0.25, -0.2) is 8.42 Å². The largest absolute Gasteiger partial charge is 0.361 e. The summed E-state index contributed by atoms with van der Waals surface area (Å²) in [5.41, 5.74) is 0.474. The lowest BCUT2D eigenvalue weighted by Gasteiger charge is -2.31. The molecule has 0 amide bonds. The number of hydrogen-bond donors (Lipinski definition) is 0. The molecule has 1 aliphatic heterocycles. The normalized spacial score (nSPS) is 19.6. The zero-order chi connectivity index (χ0) is 12.5. The molecule has 0 N–H and O–H groups in total. The lowest BCUT2D eigenvalue weighted by atomic mass is 10.4. The van der Waals surface area contributed by atoms with Crippen LogP contribution >= 0.6 is 0 Å². The van der Waals surface area contributed by atoms with Crippen LogP contribution in [-0.4, -0.2) is 56.0 Å². The van der Waals surface area contributed by atoms with E-state index in [2.05, 4.69) is 10.1 Å². The molecule has 1 aromatic heterocycles. The summed E-state index contributed by atoms with van der Waals surface area (Å²) in [6.07, 6.45) is 0. The highest BCUT2D eigenvalue weighted by molar-refractivity contribution is 7.88. The van der Waals surface area contributed by atoms with Crippen molar-refractivity contribution >= 4 is 10.0 Å². The zero-order valence-corrected chi connectivity index (χ0v) is 10.9. The summed E-state index contributed by atoms with van der Waals surface area (Å²) < 4.78 is 30.6. The first-order chi connectivity index (χ1) is 7.97. The van der Waals surface area contributed by atoms with E-state index < -0.39 is 10.0 Å². The van der Waals surface area contributed by atoms with E-state index >= 15 is 0 Å². The average molecular weight is 259 g/mol. The van der Waals surface area contributed by atoms with Gasteiger partial charge < -0.3 is 9.42 Å². The second kappa shape index (κ2) is 4.75. The predicted octanol–water partition coefficient (Wildman–Crippen LogP) is 0.0602. The highest BCUT2D eigenvalue weighted by Crippen LogP contribution is 2.13. The van der Waals surface area contributed by atoms with E-state index in [1.807, 2.05) is 7.05 Å². The maximum absolute atomic E-state index is 12.1. The molecule has 1 aromatic rings. The molecule has 0 bridgehead atoms. The molecule has 96 valence electrons. The summed E-state index contributed by atoms with van der Waals surface area (Å²) in [4.78, 5) is 2.12. The maximum atomic E-state index is 12.1. The number of aromatic nitrogens is 1. The van der Waals surface area contributed by atoms with Gasteiger partial charge in [-0.3, -0.25) is 0 Å². The van der Waals surface area contributed by atoms with E-state index in [-0.39, 0.29) is 5.75 Å². The molecule has 0 atom stereocenters. The molecular formula is C10H17N3O3S. The standard InChI is InChI=1S/C10H17N3O3S/c1-9-7-10(11-16-9)8-17(14,15)13-5-3-12(2)4-6-13/h7H,3-6,8H2,1-2H3. The molecule has 0 aromatic carbocycles. The van der Waals surface area contributed by atoms with Gasteiger partial charge in [-0.05, 0) is 14.0 Å². The molecule has 2 rings (SSSR count). The van der Waals surface area contributed by atoms with Crippen LogP contribution in [0.5, 0.6) is 0 Å². The second-order valence-corrected chi connectivity index (χ2v) is 6.36. The number of aryl methyl sites for hydroxylation is 1. The van der Waals surface area contributed by atoms with Gasteiger partial charge in [0, 0.05) is 32.2 Å². The molecular weight excluding hydrogens is 242 g/mol. The summed E-state index contributed by atoms with van der Waals surface area (Å²) in [6.45, 7) is 4.40. The van der Waals surface area contributed by atoms with Crippen molar-refractivity contribution in [2.75, 3.05) is 33.2 Å². The monoisotopic (exact) mass is 259 g/mol. The molecule has 1 aliphatic rings. The fraction of sp³-hybridized carbons (Fsp3) is 0.700. The van der Waals surface area contributed by atoms with Crippen LogP contribution in [0, 0.1) is 6.92 Å². The van der Waals surface area contributed by atoms with Gasteiger partial charge in [0.15, 0.2) is 0 Å². The van der Waals surface area contributed by atoms with Crippen LogP contribution in [-0.2, 0) is 15.8 Å². The van der Waals surface area contributed by atoms with Crippen LogP contribution in [0.4, 0.5) is 0 Å². The van der Waals surface area contributed by atoms with Crippen LogP contribution in [0.25, 0.3) is 0 Å². The van der Waals surface area contributed by atoms with Crippen molar-refractivity contribution in [3.8, 4) is 0 Å². The molecule has 6 nitrogen and oxygen atoms in total. The summed E-state index contributed by atoms with van der Waals surface area (Å²) >= 11 is 0. The van der Waals surface area contributed by atoms with Gasteiger partial charge >= 0.3 is 0 Å². The van der Waals surface area contributed by atoms with Crippen molar-refractivity contribution in [1.29, 1.82) is 0 Å². The lowest BCUT2D eigenvalue weighted by Crippen LogP contribution is -2.47. The fourth-order valence-electron chi connectivity index (χ4n) is 1.83. The maximum Gasteiger partial charge on any atom is 0.220 e. The van der Waals surface area contributed by atoms with Crippen molar-refractivity contribution in [1.82, 2.24) is 14.4 Å². The molecule has 1 saturated heterocycles. The Morgan fingerprint density at radius 3 is 2.53 bits per heavy atom. The minimum absolute atomic E-state index is 0.0753. The Bertz CT molecular complexity index is 475. The fourth-order valence-corrected chi connectivity index (χ4v) is 3.24. The third-order valence-corrected chi connectivity index (χ3v) is 4.68. The minimum Gasteiger partial charge on any atom is -0.361 e. The van der Waals surface area contributed by atoms with E-state index in [0.29, 0.717) is 24.5 Å². The highest BCUT2D eigenvalue weighted by atomic mass is 32.2. The number of likely N-dealkylation sites (N-methyl/N-ethyl adjacent to an activating group) is 1. The van der Waals surface area contributed by atoms with Crippen molar-refractivity contribution in [2.45, 2.75) is 12.7 Å². The topological polar surface area (TPSA) is 66.7 Å². The SMILES string of the molecule is Cc1cc(CS(=O)(=O)N2CCN(C)CC2)no1. The number of hydrogen-bond acceptors (Lipinski definition) is 5. The van der Waals surface area contributed by atoms with Crippen LogP contribution in [0.2, 0.25) is 0 Å². The lowest BCUT2D eigenvalue weighted by molar-refractivity contribution is 0.222. The third-order valence-electron chi connectivity index (χ3n) is 2.86. The molecule has 17 heavy (non-hydrogen) atoms. The van der Waals surface area contributed by atoms with Crippen molar-refractivity contribution in [3.63, 3.8) is 0 Å². The Labute approximate surface area is 101 Å². The second-order valence-electron chi connectivity index (χ2n) is 4.39. The van der Waals surface area contributed by atoms with E-state index in [1.54, 1.807) is 13.0 Å². The van der Waals surface area contributed by atoms with Crippen LogP contribution in [0.1, 0.15) is 11.5 Å². The van der Waals surface area contributed by atoms with E-state index in [4.69, 9.17) is 4.52 Å². The van der Waals surface area contributed by atoms with Crippen LogP contribution in [0.3, 0.4) is 0 Å². The number of piperazine rings is 1. The summed E-state index contributed by atoms with van der Waals surface area (Å²) in [5, 5.41) is 3.72. The van der Waals surface area contributed by atoms with E-state index in [9.17, 15) is 8.42 Å². The molecule has 0 radical (unpaired) electrons. The Hall–Kier alpha value is -0.920. The van der Waals surface area contributed by atoms with Gasteiger partial charge in [0.1, 0.15) is 17.2 Å². The molecule has 2 heterocycles. The molecule has 0 aliphatic carbocycles. The Morgan fingerprint density at radius 1 is 1.35 bits per heavy atom. The number of nitrogens with zero attached hydrogens (tertiary/aromatic N) is 3. The van der Waals surface area contributed by atoms with E-state index in [1.165, 1.54) is 4.31 Å². The highest BCUT2D eigenvalue weighted by Gasteiger charge is 2.26. The predicted molar refractivity (Wildman–Crippen MR) is 62.9 cm³/mol. The van der Waals surface area contributed by atoms with Crippen LogP contribution < -0.4 is 0 Å². The van der Waals surface area contributed by atoms with Gasteiger partial charge in [-0.1, -0.05) is 5.16 Å². The summed E-state index contributed by atoms with van der Waals surface area (Å²) in [7, 11) is -1.27. The van der Waals surface area contributed by atoms with Gasteiger partial charge in [0.2, 0.25) is 10.0 Å². The van der Waals surface area contributed by atoms with Crippen LogP contribution in [0.15, 0.2) is 10.6 Å². The molecule has 0 spiro atoms. The first kappa shape index (κ1) is 12.5. The Balaban J connectivity index is 2.04. The first-order valence-corrected chi connectivity index (χ1v) is 7.17. The zero-order valence-electron chi connectivity index (χ0n) is 10.1. The molecule has 7 heteroatoms. The van der Waals surface area contributed by atoms with Crippen molar-refractivity contribution in [2.24, 2.45) is 0 Å². The Morgan fingerprint density at radius 2 is 2.00 bits per heavy atom. The molecule has 0 saturated carbocycles. The first-order valence-electron chi connectivity index (χ1n) is 5.56. The minimum atomic E-state index is -3.26. The molecule has 0 unspecified atom stereocenters. The van der Waals surface area contributed by atoms with Gasteiger partial charge in [0.05, 0.1) is 0 Å². The third kappa shape index (κ3) is 3.05. The van der Waals surface area contributed by atoms with Crippen molar-refractivity contribution < 1.29 is 12.9 Å². The van der Waals surface area contributed by atoms with Crippen molar-refractivity contribution in [3.05, 3.63) is 17.5 Å². The average Bonchev–Trinajstić information content (AvgIpc) is 2.63. The smallest absolute Gasteiger partial charge is 0.220 e. The summed E-state index contributed by atoms with van der Waals surface area (Å²) in [6, 6.07) is 1.66. The van der Waals surface area contributed by atoms with Gasteiger partial charge in [-0.2, -0.15) is 4.31 Å².